The van der Waals surface area contributed by atoms with Crippen molar-refractivity contribution in [3.05, 3.63) is 0 Å². The molecule has 1 amide bonds. The first-order chi connectivity index (χ1) is 9.17. The number of carbonyl (C=O) groups excluding carboxylic acids is 1. The van der Waals surface area contributed by atoms with E-state index < -0.39 is 0 Å². The van der Waals surface area contributed by atoms with E-state index in [4.69, 9.17) is 4.74 Å². The van der Waals surface area contributed by atoms with Gasteiger partial charge in [-0.05, 0) is 45.6 Å². The highest BCUT2D eigenvalue weighted by Gasteiger charge is 2.17. The monoisotopic (exact) mass is 270 g/mol. The molecule has 1 fully saturated rings. The van der Waals surface area contributed by atoms with Crippen molar-refractivity contribution in [3.8, 4) is 0 Å². The maximum atomic E-state index is 11.9. The average Bonchev–Trinajstić information content (AvgIpc) is 2.45. The van der Waals surface area contributed by atoms with Crippen LogP contribution in [0.5, 0.6) is 0 Å². The third kappa shape index (κ3) is 6.39. The standard InChI is InChI=1S/C15H30N2O2/c1-4-13(5-2)17-15(18)12(3)19-11-9-14-8-6-7-10-16-14/h12-14,16H,4-11H2,1-3H3,(H,17,18). The van der Waals surface area contributed by atoms with Crippen molar-refractivity contribution in [1.29, 1.82) is 0 Å². The molecule has 0 aromatic rings. The molecule has 1 aliphatic rings. The zero-order chi connectivity index (χ0) is 14.1. The van der Waals surface area contributed by atoms with Gasteiger partial charge in [0.15, 0.2) is 0 Å². The van der Waals surface area contributed by atoms with Crippen LogP contribution in [-0.2, 0) is 9.53 Å². The van der Waals surface area contributed by atoms with Crippen molar-refractivity contribution in [2.75, 3.05) is 13.2 Å². The smallest absolute Gasteiger partial charge is 0.249 e. The minimum absolute atomic E-state index is 0.0188. The fraction of sp³-hybridized carbons (Fsp3) is 0.933. The van der Waals surface area contributed by atoms with Crippen molar-refractivity contribution < 1.29 is 9.53 Å². The van der Waals surface area contributed by atoms with E-state index in [1.165, 1.54) is 19.3 Å². The Balaban J connectivity index is 2.15. The van der Waals surface area contributed by atoms with Crippen LogP contribution in [0.1, 0.15) is 59.3 Å². The quantitative estimate of drug-likeness (QED) is 0.711. The third-order valence-corrected chi connectivity index (χ3v) is 3.95. The summed E-state index contributed by atoms with van der Waals surface area (Å²) in [5.41, 5.74) is 0. The van der Waals surface area contributed by atoms with Gasteiger partial charge in [0.1, 0.15) is 6.10 Å². The van der Waals surface area contributed by atoms with E-state index in [9.17, 15) is 4.79 Å². The van der Waals surface area contributed by atoms with Crippen LogP contribution < -0.4 is 10.6 Å². The van der Waals surface area contributed by atoms with E-state index in [0.717, 1.165) is 25.8 Å². The molecule has 1 saturated heterocycles. The zero-order valence-electron chi connectivity index (χ0n) is 12.7. The fourth-order valence-electron chi connectivity index (χ4n) is 2.44. The van der Waals surface area contributed by atoms with Crippen molar-refractivity contribution in [2.45, 2.75) is 77.5 Å². The summed E-state index contributed by atoms with van der Waals surface area (Å²) in [5, 5.41) is 6.52. The highest BCUT2D eigenvalue weighted by atomic mass is 16.5. The topological polar surface area (TPSA) is 50.4 Å². The number of carbonyl (C=O) groups is 1. The van der Waals surface area contributed by atoms with Crippen LogP contribution in [0.2, 0.25) is 0 Å². The molecular weight excluding hydrogens is 240 g/mol. The normalized spacial score (nSPS) is 21.4. The van der Waals surface area contributed by atoms with Crippen molar-refractivity contribution in [3.63, 3.8) is 0 Å². The first-order valence-corrected chi connectivity index (χ1v) is 7.82. The molecule has 0 bridgehead atoms. The minimum Gasteiger partial charge on any atom is -0.369 e. The maximum absolute atomic E-state index is 11.9. The summed E-state index contributed by atoms with van der Waals surface area (Å²) in [6.07, 6.45) is 6.43. The molecule has 1 rings (SSSR count). The second-order valence-electron chi connectivity index (χ2n) is 5.47. The second kappa shape index (κ2) is 9.32. The summed E-state index contributed by atoms with van der Waals surface area (Å²) in [5.74, 6) is 0.0188. The Kier molecular flexibility index (Phi) is 8.07. The van der Waals surface area contributed by atoms with Gasteiger partial charge in [-0.3, -0.25) is 4.79 Å². The Morgan fingerprint density at radius 3 is 2.68 bits per heavy atom. The van der Waals surface area contributed by atoms with Crippen molar-refractivity contribution in [2.24, 2.45) is 0 Å². The van der Waals surface area contributed by atoms with E-state index >= 15 is 0 Å². The van der Waals surface area contributed by atoms with Crippen LogP contribution in [0.25, 0.3) is 0 Å². The number of hydrogen-bond acceptors (Lipinski definition) is 3. The Bertz CT molecular complexity index is 249. The molecular formula is C15H30N2O2. The largest absolute Gasteiger partial charge is 0.369 e. The van der Waals surface area contributed by atoms with E-state index in [1.54, 1.807) is 0 Å². The predicted molar refractivity (Wildman–Crippen MR) is 78.2 cm³/mol. The highest BCUT2D eigenvalue weighted by molar-refractivity contribution is 5.80. The fourth-order valence-corrected chi connectivity index (χ4v) is 2.44. The number of piperidine rings is 1. The van der Waals surface area contributed by atoms with Crippen molar-refractivity contribution >= 4 is 5.91 Å². The molecule has 2 atom stereocenters. The number of hydrogen-bond donors (Lipinski definition) is 2. The Morgan fingerprint density at radius 2 is 2.11 bits per heavy atom. The third-order valence-electron chi connectivity index (χ3n) is 3.95. The first kappa shape index (κ1) is 16.4. The van der Waals surface area contributed by atoms with Crippen LogP contribution in [0.3, 0.4) is 0 Å². The lowest BCUT2D eigenvalue weighted by Gasteiger charge is -2.24. The molecule has 0 aromatic carbocycles. The van der Waals surface area contributed by atoms with E-state index in [0.29, 0.717) is 12.6 Å². The average molecular weight is 270 g/mol. The summed E-state index contributed by atoms with van der Waals surface area (Å²) < 4.78 is 5.64. The second-order valence-corrected chi connectivity index (χ2v) is 5.47. The molecule has 0 aromatic heterocycles. The summed E-state index contributed by atoms with van der Waals surface area (Å²) in [6, 6.07) is 0.849. The van der Waals surface area contributed by atoms with Gasteiger partial charge in [-0.25, -0.2) is 0 Å². The number of amides is 1. The molecule has 0 spiro atoms. The van der Waals surface area contributed by atoms with Gasteiger partial charge in [-0.15, -0.1) is 0 Å². The first-order valence-electron chi connectivity index (χ1n) is 7.82. The molecule has 112 valence electrons. The number of rotatable bonds is 8. The minimum atomic E-state index is -0.343. The van der Waals surface area contributed by atoms with Gasteiger partial charge in [0.25, 0.3) is 0 Å². The zero-order valence-corrected chi connectivity index (χ0v) is 12.7. The Labute approximate surface area is 117 Å². The molecule has 1 heterocycles. The van der Waals surface area contributed by atoms with Crippen molar-refractivity contribution in [1.82, 2.24) is 10.6 Å². The van der Waals surface area contributed by atoms with Gasteiger partial charge < -0.3 is 15.4 Å². The summed E-state index contributed by atoms with van der Waals surface area (Å²) in [7, 11) is 0. The van der Waals surface area contributed by atoms with E-state index in [2.05, 4.69) is 24.5 Å². The lowest BCUT2D eigenvalue weighted by atomic mass is 10.0. The van der Waals surface area contributed by atoms with Crippen LogP contribution in [0, 0.1) is 0 Å². The lowest BCUT2D eigenvalue weighted by molar-refractivity contribution is -0.132. The molecule has 0 radical (unpaired) electrons. The van der Waals surface area contributed by atoms with Crippen LogP contribution in [-0.4, -0.2) is 37.2 Å². The van der Waals surface area contributed by atoms with E-state index in [1.807, 2.05) is 6.92 Å². The molecule has 19 heavy (non-hydrogen) atoms. The Morgan fingerprint density at radius 1 is 1.37 bits per heavy atom. The van der Waals surface area contributed by atoms with Gasteiger partial charge in [0.05, 0.1) is 0 Å². The summed E-state index contributed by atoms with van der Waals surface area (Å²) in [6.45, 7) is 7.81. The summed E-state index contributed by atoms with van der Waals surface area (Å²) in [4.78, 5) is 11.9. The molecule has 2 N–H and O–H groups in total. The number of ether oxygens (including phenoxy) is 1. The maximum Gasteiger partial charge on any atom is 0.249 e. The lowest BCUT2D eigenvalue weighted by Crippen LogP contribution is -2.41. The molecule has 1 aliphatic heterocycles. The van der Waals surface area contributed by atoms with Crippen LogP contribution in [0.4, 0.5) is 0 Å². The van der Waals surface area contributed by atoms with Gasteiger partial charge >= 0.3 is 0 Å². The molecule has 4 heteroatoms. The van der Waals surface area contributed by atoms with Crippen LogP contribution in [0.15, 0.2) is 0 Å². The van der Waals surface area contributed by atoms with Gasteiger partial charge in [0, 0.05) is 18.7 Å². The van der Waals surface area contributed by atoms with Gasteiger partial charge in [-0.2, -0.15) is 0 Å². The Hall–Kier alpha value is -0.610. The summed E-state index contributed by atoms with van der Waals surface area (Å²) >= 11 is 0. The van der Waals surface area contributed by atoms with Gasteiger partial charge in [0.2, 0.25) is 5.91 Å². The molecule has 0 aliphatic carbocycles. The van der Waals surface area contributed by atoms with Gasteiger partial charge in [-0.1, -0.05) is 20.3 Å². The number of nitrogens with one attached hydrogen (secondary N) is 2. The molecule has 4 nitrogen and oxygen atoms in total. The molecule has 0 saturated carbocycles. The highest BCUT2D eigenvalue weighted by Crippen LogP contribution is 2.10. The van der Waals surface area contributed by atoms with Crippen LogP contribution >= 0.6 is 0 Å². The van der Waals surface area contributed by atoms with E-state index in [-0.39, 0.29) is 18.1 Å². The molecule has 2 unspecified atom stereocenters. The predicted octanol–water partition coefficient (Wildman–Crippen LogP) is 2.23. The SMILES string of the molecule is CCC(CC)NC(=O)C(C)OCCC1CCCCN1.